The van der Waals surface area contributed by atoms with E-state index in [1.54, 1.807) is 30.5 Å². The fourth-order valence-electron chi connectivity index (χ4n) is 6.02. The molecule has 5 aromatic rings. The molecule has 2 aromatic carbocycles. The smallest absolute Gasteiger partial charge is 0.451 e. The number of alkyl halides is 3. The predicted molar refractivity (Wildman–Crippen MR) is 162 cm³/mol. The number of ether oxygens (including phenoxy) is 2. The highest BCUT2D eigenvalue weighted by Crippen LogP contribution is 2.35. The van der Waals surface area contributed by atoms with Gasteiger partial charge in [0.2, 0.25) is 11.7 Å². The first-order chi connectivity index (χ1) is 22.2. The molecular formula is C32H30ClF4N7O2. The second kappa shape index (κ2) is 12.6. The Bertz CT molecular complexity index is 1850. The number of halogens is 5. The molecular weight excluding hydrogens is 626 g/mol. The summed E-state index contributed by atoms with van der Waals surface area (Å²) in [5.74, 6) is 0.0697. The Balaban J connectivity index is 1.06. The van der Waals surface area contributed by atoms with Gasteiger partial charge < -0.3 is 19.0 Å². The van der Waals surface area contributed by atoms with E-state index in [-0.39, 0.29) is 24.5 Å². The molecule has 7 rings (SSSR count). The van der Waals surface area contributed by atoms with Gasteiger partial charge >= 0.3 is 6.18 Å². The van der Waals surface area contributed by atoms with Crippen LogP contribution in [0.2, 0.25) is 5.02 Å². The summed E-state index contributed by atoms with van der Waals surface area (Å²) in [4.78, 5) is 14.0. The summed E-state index contributed by atoms with van der Waals surface area (Å²) in [7, 11) is 0. The summed E-state index contributed by atoms with van der Waals surface area (Å²) in [6.45, 7) is 3.67. The summed E-state index contributed by atoms with van der Waals surface area (Å²) in [6, 6.07) is 13.8. The van der Waals surface area contributed by atoms with Gasteiger partial charge in [0.15, 0.2) is 5.82 Å². The van der Waals surface area contributed by atoms with Crippen molar-refractivity contribution in [2.24, 2.45) is 0 Å². The van der Waals surface area contributed by atoms with Crippen molar-refractivity contribution in [1.29, 1.82) is 0 Å². The van der Waals surface area contributed by atoms with Gasteiger partial charge in [-0.05, 0) is 74.7 Å². The Labute approximate surface area is 266 Å². The lowest BCUT2D eigenvalue weighted by atomic mass is 9.90. The molecule has 0 saturated carbocycles. The van der Waals surface area contributed by atoms with Crippen LogP contribution in [0.1, 0.15) is 48.0 Å². The quantitative estimate of drug-likeness (QED) is 0.175. The van der Waals surface area contributed by atoms with E-state index in [0.717, 1.165) is 55.9 Å². The fraction of sp³-hybridized carbons (Fsp3) is 0.375. The van der Waals surface area contributed by atoms with Crippen molar-refractivity contribution < 1.29 is 27.0 Å². The van der Waals surface area contributed by atoms with Crippen LogP contribution in [0.15, 0.2) is 54.7 Å². The summed E-state index contributed by atoms with van der Waals surface area (Å²) < 4.78 is 67.4. The van der Waals surface area contributed by atoms with E-state index >= 15 is 0 Å². The molecule has 2 aliphatic rings. The number of aromatic nitrogens is 6. The van der Waals surface area contributed by atoms with Crippen LogP contribution in [-0.2, 0) is 30.6 Å². The molecule has 0 unspecified atom stereocenters. The summed E-state index contributed by atoms with van der Waals surface area (Å²) >= 11 is 5.88. The van der Waals surface area contributed by atoms with Crippen LogP contribution < -0.4 is 4.74 Å². The minimum atomic E-state index is -4.61. The minimum Gasteiger partial charge on any atom is -0.472 e. The third-order valence-corrected chi connectivity index (χ3v) is 8.84. The average molecular weight is 656 g/mol. The second-order valence-corrected chi connectivity index (χ2v) is 12.1. The van der Waals surface area contributed by atoms with Crippen molar-refractivity contribution in [2.45, 2.75) is 57.2 Å². The molecule has 0 bridgehead atoms. The first-order valence-electron chi connectivity index (χ1n) is 15.1. The van der Waals surface area contributed by atoms with Crippen molar-refractivity contribution in [3.8, 4) is 17.3 Å². The number of hydrogen-bond donors (Lipinski definition) is 1. The van der Waals surface area contributed by atoms with Gasteiger partial charge in [-0.15, -0.1) is 10.2 Å². The van der Waals surface area contributed by atoms with Crippen molar-refractivity contribution in [1.82, 2.24) is 34.6 Å². The molecule has 240 valence electrons. The number of hydrogen-bond acceptors (Lipinski definition) is 7. The molecule has 2 fully saturated rings. The van der Waals surface area contributed by atoms with Crippen molar-refractivity contribution in [3.05, 3.63) is 88.3 Å². The molecule has 1 atom stereocenters. The van der Waals surface area contributed by atoms with Crippen LogP contribution in [-0.4, -0.2) is 60.4 Å². The van der Waals surface area contributed by atoms with Crippen LogP contribution in [0.25, 0.3) is 22.4 Å². The maximum atomic E-state index is 14.3. The average Bonchev–Trinajstić information content (AvgIpc) is 3.64. The minimum absolute atomic E-state index is 0.0341. The number of likely N-dealkylation sites (tertiary alicyclic amines) is 1. The number of imidazole rings is 1. The molecule has 5 heterocycles. The van der Waals surface area contributed by atoms with E-state index < -0.39 is 17.8 Å². The van der Waals surface area contributed by atoms with Gasteiger partial charge in [0, 0.05) is 34.5 Å². The van der Waals surface area contributed by atoms with Crippen LogP contribution >= 0.6 is 11.6 Å². The van der Waals surface area contributed by atoms with E-state index in [9.17, 15) is 17.6 Å². The van der Waals surface area contributed by atoms with Crippen LogP contribution in [0.5, 0.6) is 5.88 Å². The van der Waals surface area contributed by atoms with Crippen LogP contribution in [0.3, 0.4) is 0 Å². The van der Waals surface area contributed by atoms with Gasteiger partial charge in [-0.3, -0.25) is 4.90 Å². The van der Waals surface area contributed by atoms with Crippen molar-refractivity contribution in [3.63, 3.8) is 0 Å². The van der Waals surface area contributed by atoms with Gasteiger partial charge in [0.05, 0.1) is 30.2 Å². The summed E-state index contributed by atoms with van der Waals surface area (Å²) in [5.41, 5.74) is 3.43. The largest absolute Gasteiger partial charge is 0.472 e. The molecule has 1 N–H and O–H groups in total. The number of piperidine rings is 1. The number of fused-ring (bicyclic) bond motifs is 1. The summed E-state index contributed by atoms with van der Waals surface area (Å²) in [6.07, 6.45) is -0.133. The van der Waals surface area contributed by atoms with Gasteiger partial charge in [-0.2, -0.15) is 13.2 Å². The highest BCUT2D eigenvalue weighted by atomic mass is 35.5. The van der Waals surface area contributed by atoms with E-state index in [2.05, 4.69) is 29.6 Å². The Morgan fingerprint density at radius 3 is 2.59 bits per heavy atom. The highest BCUT2D eigenvalue weighted by molar-refractivity contribution is 6.30. The molecule has 46 heavy (non-hydrogen) atoms. The lowest BCUT2D eigenvalue weighted by Gasteiger charge is -2.33. The maximum absolute atomic E-state index is 14.3. The fourth-order valence-corrected chi connectivity index (χ4v) is 6.18. The van der Waals surface area contributed by atoms with Crippen LogP contribution in [0.4, 0.5) is 17.6 Å². The standard InChI is InChI=1S/C32H30ClF4N7O2/c33-22-5-3-21(25(34)15-22)18-46-30-24(2-1-10-38-30)19-7-11-43(12-8-19)17-28-39-26-14-20(29-40-31(42-41-29)32(35,36)37)4-6-27(26)44(28)16-23-9-13-45-23/h1-6,10,14-15,19,23H,7-9,11-13,16-18H2,(H,40,41,42)/t23-/m0/s1. The molecule has 2 saturated heterocycles. The zero-order valence-electron chi connectivity index (χ0n) is 24.6. The van der Waals surface area contributed by atoms with Gasteiger partial charge in [0.1, 0.15) is 18.2 Å². The van der Waals surface area contributed by atoms with Crippen molar-refractivity contribution >= 4 is 22.6 Å². The van der Waals surface area contributed by atoms with Crippen molar-refractivity contribution in [2.75, 3.05) is 19.7 Å². The molecule has 3 aromatic heterocycles. The van der Waals surface area contributed by atoms with E-state index in [0.29, 0.717) is 40.6 Å². The highest BCUT2D eigenvalue weighted by Gasteiger charge is 2.35. The first kappa shape index (κ1) is 30.6. The number of rotatable bonds is 9. The molecule has 0 radical (unpaired) electrons. The third-order valence-electron chi connectivity index (χ3n) is 8.61. The van der Waals surface area contributed by atoms with E-state index in [1.165, 1.54) is 6.07 Å². The monoisotopic (exact) mass is 655 g/mol. The Hall–Kier alpha value is -4.07. The number of nitrogens with one attached hydrogen (secondary N) is 1. The molecule has 14 heteroatoms. The summed E-state index contributed by atoms with van der Waals surface area (Å²) in [5, 5.41) is 7.29. The lowest BCUT2D eigenvalue weighted by molar-refractivity contribution is -0.144. The Morgan fingerprint density at radius 2 is 1.87 bits per heavy atom. The topological polar surface area (TPSA) is 94.0 Å². The molecule has 0 aliphatic carbocycles. The number of nitrogens with zero attached hydrogens (tertiary/aromatic N) is 6. The van der Waals surface area contributed by atoms with Gasteiger partial charge in [-0.25, -0.2) is 14.4 Å². The molecule has 0 spiro atoms. The number of benzene rings is 2. The number of pyridine rings is 1. The van der Waals surface area contributed by atoms with E-state index in [4.69, 9.17) is 26.1 Å². The van der Waals surface area contributed by atoms with Gasteiger partial charge in [-0.1, -0.05) is 23.7 Å². The molecule has 0 amide bonds. The second-order valence-electron chi connectivity index (χ2n) is 11.6. The van der Waals surface area contributed by atoms with Gasteiger partial charge in [0.25, 0.3) is 0 Å². The zero-order valence-corrected chi connectivity index (χ0v) is 25.4. The first-order valence-corrected chi connectivity index (χ1v) is 15.4. The van der Waals surface area contributed by atoms with E-state index in [1.807, 2.05) is 18.2 Å². The Morgan fingerprint density at radius 1 is 1.04 bits per heavy atom. The van der Waals surface area contributed by atoms with Crippen LogP contribution in [0, 0.1) is 5.82 Å². The Kier molecular flexibility index (Phi) is 8.38. The SMILES string of the molecule is Fc1cc(Cl)ccc1COc1ncccc1C1CCN(Cc2nc3cc(-c4nnc(C(F)(F)F)[nH]4)ccc3n2C[C@@H]2CCO2)CC1. The third kappa shape index (κ3) is 6.44. The lowest BCUT2D eigenvalue weighted by Crippen LogP contribution is -2.35. The zero-order chi connectivity index (χ0) is 31.8. The molecule has 9 nitrogen and oxygen atoms in total. The predicted octanol–water partition coefficient (Wildman–Crippen LogP) is 6.78. The number of H-pyrrole nitrogens is 1. The number of aromatic amines is 1. The normalized spacial score (nSPS) is 17.8. The maximum Gasteiger partial charge on any atom is 0.451 e. The molecule has 2 aliphatic heterocycles.